The lowest BCUT2D eigenvalue weighted by Crippen LogP contribution is -2.55. The van der Waals surface area contributed by atoms with Crippen molar-refractivity contribution in [2.75, 3.05) is 17.3 Å². The van der Waals surface area contributed by atoms with Crippen molar-refractivity contribution in [3.05, 3.63) is 53.3 Å². The molecule has 3 rings (SSSR count). The van der Waals surface area contributed by atoms with Crippen LogP contribution in [0.15, 0.2) is 42.6 Å². The molecule has 0 spiro atoms. The molecular formula is C22H27ClN4O3. The Morgan fingerprint density at radius 2 is 1.87 bits per heavy atom. The molecule has 0 saturated heterocycles. The van der Waals surface area contributed by atoms with E-state index in [1.165, 1.54) is 12.3 Å². The van der Waals surface area contributed by atoms with Crippen molar-refractivity contribution in [1.29, 1.82) is 0 Å². The average Bonchev–Trinajstić information content (AvgIpc) is 3.28. The van der Waals surface area contributed by atoms with E-state index in [2.05, 4.69) is 15.6 Å². The molecule has 1 aromatic heterocycles. The first kappa shape index (κ1) is 23.5. The van der Waals surface area contributed by atoms with Crippen molar-refractivity contribution in [2.24, 2.45) is 0 Å². The number of hydrogen-bond donors (Lipinski definition) is 2. The van der Waals surface area contributed by atoms with Gasteiger partial charge in [-0.05, 0) is 50.2 Å². The Morgan fingerprint density at radius 3 is 2.40 bits per heavy atom. The first-order valence-electron chi connectivity index (χ1n) is 10.0. The maximum atomic E-state index is 13.0. The molecule has 8 heteroatoms. The Bertz CT molecular complexity index is 883. The molecule has 1 aliphatic carbocycles. The van der Waals surface area contributed by atoms with E-state index in [0.29, 0.717) is 24.9 Å². The maximum Gasteiger partial charge on any atom is 0.274 e. The van der Waals surface area contributed by atoms with E-state index in [9.17, 15) is 14.4 Å². The zero-order valence-electron chi connectivity index (χ0n) is 17.4. The number of hydrogen-bond acceptors (Lipinski definition) is 5. The van der Waals surface area contributed by atoms with E-state index >= 15 is 0 Å². The van der Waals surface area contributed by atoms with Crippen molar-refractivity contribution in [1.82, 2.24) is 10.3 Å². The fourth-order valence-corrected chi connectivity index (χ4v) is 3.74. The second-order valence-electron chi connectivity index (χ2n) is 6.66. The van der Waals surface area contributed by atoms with Gasteiger partial charge in [0.1, 0.15) is 5.69 Å². The molecule has 2 aromatic rings. The van der Waals surface area contributed by atoms with E-state index in [-0.39, 0.29) is 28.2 Å². The molecule has 0 unspecified atom stereocenters. The summed E-state index contributed by atoms with van der Waals surface area (Å²) in [6.07, 6.45) is 5.19. The van der Waals surface area contributed by atoms with Crippen LogP contribution < -0.4 is 15.5 Å². The molecule has 2 N–H and O–H groups in total. The van der Waals surface area contributed by atoms with Gasteiger partial charge in [-0.25, -0.2) is 0 Å². The summed E-state index contributed by atoms with van der Waals surface area (Å²) in [7, 11) is 1.73. The van der Waals surface area contributed by atoms with Gasteiger partial charge >= 0.3 is 0 Å². The lowest BCUT2D eigenvalue weighted by atomic mass is 9.95. The van der Waals surface area contributed by atoms with E-state index in [0.717, 1.165) is 17.7 Å². The second-order valence-corrected chi connectivity index (χ2v) is 7.06. The molecular weight excluding hydrogens is 404 g/mol. The van der Waals surface area contributed by atoms with Crippen LogP contribution in [0, 0.1) is 0 Å². The third-order valence-corrected chi connectivity index (χ3v) is 5.33. The molecule has 0 aliphatic heterocycles. The number of imide groups is 1. The van der Waals surface area contributed by atoms with Gasteiger partial charge in [0.2, 0.25) is 6.41 Å². The zero-order valence-corrected chi connectivity index (χ0v) is 18.2. The molecule has 7 nitrogen and oxygen atoms in total. The fraction of sp³-hybridized carbons (Fsp3) is 0.364. The van der Waals surface area contributed by atoms with Crippen LogP contribution in [0.5, 0.6) is 0 Å². The highest BCUT2D eigenvalue weighted by molar-refractivity contribution is 6.35. The number of rotatable bonds is 6. The van der Waals surface area contributed by atoms with Crippen LogP contribution in [0.25, 0.3) is 0 Å². The predicted octanol–water partition coefficient (Wildman–Crippen LogP) is 4.04. The molecule has 1 aliphatic rings. The molecule has 1 aromatic carbocycles. The van der Waals surface area contributed by atoms with Gasteiger partial charge in [0, 0.05) is 11.9 Å². The van der Waals surface area contributed by atoms with Gasteiger partial charge in [-0.3, -0.25) is 24.3 Å². The summed E-state index contributed by atoms with van der Waals surface area (Å²) < 4.78 is 0. The van der Waals surface area contributed by atoms with E-state index in [1.54, 1.807) is 37.4 Å². The lowest BCUT2D eigenvalue weighted by Gasteiger charge is -2.31. The van der Waals surface area contributed by atoms with E-state index in [1.807, 2.05) is 13.8 Å². The number of carbonyl (C=O) groups excluding carboxylic acids is 3. The van der Waals surface area contributed by atoms with Crippen molar-refractivity contribution >= 4 is 41.2 Å². The molecule has 1 saturated carbocycles. The summed E-state index contributed by atoms with van der Waals surface area (Å²) in [4.78, 5) is 42.0. The second kappa shape index (κ2) is 10.8. The van der Waals surface area contributed by atoms with Crippen LogP contribution >= 0.6 is 11.6 Å². The fourth-order valence-electron chi connectivity index (χ4n) is 3.47. The van der Waals surface area contributed by atoms with Gasteiger partial charge in [0.15, 0.2) is 0 Å². The topological polar surface area (TPSA) is 91.4 Å². The van der Waals surface area contributed by atoms with Gasteiger partial charge in [0.25, 0.3) is 11.8 Å². The van der Waals surface area contributed by atoms with Crippen LogP contribution in [0.3, 0.4) is 0 Å². The van der Waals surface area contributed by atoms with Crippen LogP contribution in [0.4, 0.5) is 11.4 Å². The predicted molar refractivity (Wildman–Crippen MR) is 119 cm³/mol. The van der Waals surface area contributed by atoms with E-state index in [4.69, 9.17) is 11.6 Å². The number of nitrogens with one attached hydrogen (secondary N) is 2. The highest BCUT2D eigenvalue weighted by Crippen LogP contribution is 2.35. The Morgan fingerprint density at radius 1 is 1.17 bits per heavy atom. The molecule has 160 valence electrons. The number of anilines is 2. The summed E-state index contributed by atoms with van der Waals surface area (Å²) in [5.74, 6) is -0.706. The number of halogens is 1. The maximum absolute atomic E-state index is 13.0. The number of likely N-dealkylation sites (N-methyl/N-ethyl adjacent to an activating group) is 1. The SMILES string of the molecule is CC.CNC1(C(=O)N(C=O)c2ccc(NC(=O)c3ccccn3)cc2Cl)CCCC1. The molecule has 1 heterocycles. The molecule has 30 heavy (non-hydrogen) atoms. The minimum absolute atomic E-state index is 0.184. The Hall–Kier alpha value is -2.77. The summed E-state index contributed by atoms with van der Waals surface area (Å²) in [6.45, 7) is 4.00. The lowest BCUT2D eigenvalue weighted by molar-refractivity contribution is -0.127. The largest absolute Gasteiger partial charge is 0.321 e. The highest BCUT2D eigenvalue weighted by Gasteiger charge is 2.43. The molecule has 0 radical (unpaired) electrons. The summed E-state index contributed by atoms with van der Waals surface area (Å²) >= 11 is 6.33. The number of amides is 3. The quantitative estimate of drug-likeness (QED) is 0.675. The number of pyridine rings is 1. The van der Waals surface area contributed by atoms with Crippen molar-refractivity contribution in [2.45, 2.75) is 45.1 Å². The van der Waals surface area contributed by atoms with Gasteiger partial charge in [-0.15, -0.1) is 0 Å². The Kier molecular flexibility index (Phi) is 8.50. The normalized spacial score (nSPS) is 14.3. The summed E-state index contributed by atoms with van der Waals surface area (Å²) in [5, 5.41) is 5.96. The van der Waals surface area contributed by atoms with Crippen LogP contribution in [0.2, 0.25) is 5.02 Å². The summed E-state index contributed by atoms with van der Waals surface area (Å²) in [5.41, 5.74) is 0.228. The minimum atomic E-state index is -0.754. The van der Waals surface area contributed by atoms with Crippen LogP contribution in [0.1, 0.15) is 50.0 Å². The van der Waals surface area contributed by atoms with Gasteiger partial charge in [0.05, 0.1) is 16.2 Å². The van der Waals surface area contributed by atoms with E-state index < -0.39 is 5.54 Å². The molecule has 1 fully saturated rings. The van der Waals surface area contributed by atoms with Gasteiger partial charge in [-0.2, -0.15) is 0 Å². The van der Waals surface area contributed by atoms with Crippen molar-refractivity contribution < 1.29 is 14.4 Å². The zero-order chi connectivity index (χ0) is 22.1. The smallest absolute Gasteiger partial charge is 0.274 e. The monoisotopic (exact) mass is 430 g/mol. The number of nitrogens with zero attached hydrogens (tertiary/aromatic N) is 2. The molecule has 3 amide bonds. The summed E-state index contributed by atoms with van der Waals surface area (Å²) in [6, 6.07) is 9.66. The highest BCUT2D eigenvalue weighted by atomic mass is 35.5. The van der Waals surface area contributed by atoms with Crippen LogP contribution in [-0.4, -0.2) is 35.8 Å². The standard InChI is InChI=1S/C20H21ClN4O3.C2H6/c1-22-20(9-3-4-10-20)19(28)25(13-26)17-8-7-14(12-15(17)21)24-18(27)16-6-2-5-11-23-16;1-2/h2,5-8,11-13,22H,3-4,9-10H2,1H3,(H,24,27);1-2H3. The van der Waals surface area contributed by atoms with Gasteiger partial charge < -0.3 is 10.6 Å². The Balaban J connectivity index is 0.00000155. The Labute approximate surface area is 181 Å². The van der Waals surface area contributed by atoms with Crippen molar-refractivity contribution in [3.8, 4) is 0 Å². The molecule has 0 bridgehead atoms. The number of benzene rings is 1. The first-order chi connectivity index (χ1) is 14.5. The minimum Gasteiger partial charge on any atom is -0.321 e. The molecule has 0 atom stereocenters. The number of aromatic nitrogens is 1. The third kappa shape index (κ3) is 5.04. The van der Waals surface area contributed by atoms with Crippen molar-refractivity contribution in [3.63, 3.8) is 0 Å². The first-order valence-corrected chi connectivity index (χ1v) is 10.4. The third-order valence-electron chi connectivity index (χ3n) is 5.03. The van der Waals surface area contributed by atoms with Gasteiger partial charge in [-0.1, -0.05) is 44.4 Å². The number of carbonyl (C=O) groups is 3. The van der Waals surface area contributed by atoms with Crippen LogP contribution in [-0.2, 0) is 9.59 Å². The average molecular weight is 431 g/mol.